The number of aliphatic hydroxyl groups excluding tert-OH is 1. The Balaban J connectivity index is 2.15. The van der Waals surface area contributed by atoms with E-state index in [-0.39, 0.29) is 18.4 Å². The fourth-order valence-corrected chi connectivity index (χ4v) is 2.05. The second-order valence-corrected chi connectivity index (χ2v) is 4.28. The predicted octanol–water partition coefficient (Wildman–Crippen LogP) is 0.872. The maximum Gasteiger partial charge on any atom is 0.180 e. The van der Waals surface area contributed by atoms with Crippen molar-refractivity contribution >= 4 is 11.5 Å². The van der Waals surface area contributed by atoms with E-state index in [1.54, 1.807) is 12.3 Å². The fourth-order valence-electron chi connectivity index (χ4n) is 2.05. The van der Waals surface area contributed by atoms with Gasteiger partial charge in [0, 0.05) is 13.0 Å². The van der Waals surface area contributed by atoms with Crippen LogP contribution in [0.15, 0.2) is 18.3 Å². The molecule has 1 N–H and O–H groups in total. The number of ether oxygens (including phenoxy) is 1. The average Bonchev–Trinajstić information content (AvgIpc) is 2.46. The van der Waals surface area contributed by atoms with Crippen molar-refractivity contribution in [2.45, 2.75) is 19.4 Å². The molecular weight excluding hydrogens is 232 g/mol. The number of ketones is 1. The third-order valence-corrected chi connectivity index (χ3v) is 3.12. The molecule has 18 heavy (non-hydrogen) atoms. The zero-order valence-corrected chi connectivity index (χ0v) is 10.5. The van der Waals surface area contributed by atoms with Gasteiger partial charge in [-0.3, -0.25) is 9.78 Å². The summed E-state index contributed by atoms with van der Waals surface area (Å²) in [4.78, 5) is 17.7. The van der Waals surface area contributed by atoms with Gasteiger partial charge >= 0.3 is 0 Å². The van der Waals surface area contributed by atoms with Crippen LogP contribution in [0.5, 0.6) is 0 Å². The van der Waals surface area contributed by atoms with Crippen molar-refractivity contribution in [3.63, 3.8) is 0 Å². The molecule has 0 aromatic carbocycles. The maximum absolute atomic E-state index is 11.5. The molecule has 0 bridgehead atoms. The van der Waals surface area contributed by atoms with E-state index < -0.39 is 0 Å². The van der Waals surface area contributed by atoms with Crippen molar-refractivity contribution in [2.24, 2.45) is 0 Å². The van der Waals surface area contributed by atoms with Gasteiger partial charge in [0.05, 0.1) is 37.7 Å². The Morgan fingerprint density at radius 2 is 2.44 bits per heavy atom. The number of Topliss-reactive ketones (excluding diaryl/α,β-unsaturated/α-hetero) is 1. The first kappa shape index (κ1) is 13.0. The average molecular weight is 250 g/mol. The normalized spacial score (nSPS) is 19.9. The van der Waals surface area contributed by atoms with Crippen LogP contribution in [0.25, 0.3) is 0 Å². The molecule has 1 fully saturated rings. The van der Waals surface area contributed by atoms with E-state index >= 15 is 0 Å². The number of aromatic nitrogens is 1. The molecule has 5 heteroatoms. The topological polar surface area (TPSA) is 62.7 Å². The summed E-state index contributed by atoms with van der Waals surface area (Å²) >= 11 is 0. The molecule has 0 saturated carbocycles. The smallest absolute Gasteiger partial charge is 0.180 e. The molecule has 1 aliphatic heterocycles. The highest BCUT2D eigenvalue weighted by Gasteiger charge is 2.22. The lowest BCUT2D eigenvalue weighted by Gasteiger charge is -2.36. The van der Waals surface area contributed by atoms with Crippen molar-refractivity contribution in [1.82, 2.24) is 4.98 Å². The number of hydrogen-bond donors (Lipinski definition) is 1. The molecule has 0 amide bonds. The molecule has 1 aromatic rings. The summed E-state index contributed by atoms with van der Waals surface area (Å²) in [5.74, 6) is 0.0437. The van der Waals surface area contributed by atoms with Gasteiger partial charge in [-0.15, -0.1) is 0 Å². The lowest BCUT2D eigenvalue weighted by molar-refractivity contribution is 0.0726. The van der Waals surface area contributed by atoms with Crippen molar-refractivity contribution in [2.75, 3.05) is 31.3 Å². The van der Waals surface area contributed by atoms with E-state index in [2.05, 4.69) is 9.88 Å². The molecule has 1 unspecified atom stereocenters. The summed E-state index contributed by atoms with van der Waals surface area (Å²) in [7, 11) is 0. The Labute approximate surface area is 106 Å². The van der Waals surface area contributed by atoms with Crippen molar-refractivity contribution in [1.29, 1.82) is 0 Å². The molecular formula is C13H18N2O3. The van der Waals surface area contributed by atoms with Gasteiger partial charge in [0.2, 0.25) is 0 Å². The summed E-state index contributed by atoms with van der Waals surface area (Å²) in [6.45, 7) is 3.77. The summed E-state index contributed by atoms with van der Waals surface area (Å²) in [6, 6.07) is 3.59. The van der Waals surface area contributed by atoms with Crippen LogP contribution >= 0.6 is 0 Å². The molecule has 2 rings (SSSR count). The zero-order chi connectivity index (χ0) is 13.0. The Morgan fingerprint density at radius 3 is 3.06 bits per heavy atom. The Kier molecular flexibility index (Phi) is 4.28. The molecule has 1 atom stereocenters. The molecule has 2 heterocycles. The number of hydrogen-bond acceptors (Lipinski definition) is 5. The van der Waals surface area contributed by atoms with Crippen LogP contribution < -0.4 is 4.90 Å². The van der Waals surface area contributed by atoms with E-state index in [1.165, 1.54) is 0 Å². The SMILES string of the molecule is CCC(=O)c1ccc(N2CCOCC2CO)cn1. The summed E-state index contributed by atoms with van der Waals surface area (Å²) in [6.07, 6.45) is 2.15. The standard InChI is InChI=1S/C13H18N2O3/c1-2-13(17)12-4-3-10(7-14-12)15-5-6-18-9-11(15)8-16/h3-4,7,11,16H,2,5-6,8-9H2,1H3. The monoisotopic (exact) mass is 250 g/mol. The second kappa shape index (κ2) is 5.93. The van der Waals surface area contributed by atoms with Crippen LogP contribution in [0.1, 0.15) is 23.8 Å². The van der Waals surface area contributed by atoms with E-state index in [0.717, 1.165) is 12.2 Å². The number of carbonyl (C=O) groups excluding carboxylic acids is 1. The Morgan fingerprint density at radius 1 is 1.61 bits per heavy atom. The highest BCUT2D eigenvalue weighted by Crippen LogP contribution is 2.19. The number of morpholine rings is 1. The summed E-state index contributed by atoms with van der Waals surface area (Å²) < 4.78 is 5.33. The largest absolute Gasteiger partial charge is 0.394 e. The van der Waals surface area contributed by atoms with Gasteiger partial charge in [0.25, 0.3) is 0 Å². The fraction of sp³-hybridized carbons (Fsp3) is 0.538. The van der Waals surface area contributed by atoms with Crippen molar-refractivity contribution in [3.8, 4) is 0 Å². The third-order valence-electron chi connectivity index (χ3n) is 3.12. The van der Waals surface area contributed by atoms with Crippen LogP contribution in [-0.2, 0) is 4.74 Å². The number of pyridine rings is 1. The third kappa shape index (κ3) is 2.68. The predicted molar refractivity (Wildman–Crippen MR) is 67.9 cm³/mol. The highest BCUT2D eigenvalue weighted by atomic mass is 16.5. The van der Waals surface area contributed by atoms with Gasteiger partial charge in [-0.2, -0.15) is 0 Å². The molecule has 1 aliphatic rings. The van der Waals surface area contributed by atoms with Gasteiger partial charge in [-0.1, -0.05) is 6.92 Å². The van der Waals surface area contributed by atoms with Crippen LogP contribution in [-0.4, -0.2) is 48.3 Å². The lowest BCUT2D eigenvalue weighted by Crippen LogP contribution is -2.47. The molecule has 0 aliphatic carbocycles. The molecule has 0 spiro atoms. The molecule has 1 aromatic heterocycles. The minimum atomic E-state index is -0.0340. The summed E-state index contributed by atoms with van der Waals surface area (Å²) in [5.41, 5.74) is 1.42. The number of aliphatic hydroxyl groups is 1. The second-order valence-electron chi connectivity index (χ2n) is 4.28. The van der Waals surface area contributed by atoms with Crippen LogP contribution in [0.2, 0.25) is 0 Å². The Hall–Kier alpha value is -1.46. The van der Waals surface area contributed by atoms with E-state index in [4.69, 9.17) is 4.74 Å². The first-order chi connectivity index (χ1) is 8.76. The van der Waals surface area contributed by atoms with Crippen molar-refractivity contribution < 1.29 is 14.6 Å². The van der Waals surface area contributed by atoms with Gasteiger partial charge in [0.15, 0.2) is 5.78 Å². The van der Waals surface area contributed by atoms with Gasteiger partial charge < -0.3 is 14.7 Å². The first-order valence-electron chi connectivity index (χ1n) is 6.20. The van der Waals surface area contributed by atoms with Gasteiger partial charge in [-0.05, 0) is 12.1 Å². The number of rotatable bonds is 4. The van der Waals surface area contributed by atoms with Crippen LogP contribution in [0, 0.1) is 0 Å². The molecule has 98 valence electrons. The van der Waals surface area contributed by atoms with Crippen LogP contribution in [0.3, 0.4) is 0 Å². The van der Waals surface area contributed by atoms with Gasteiger partial charge in [0.1, 0.15) is 5.69 Å². The maximum atomic E-state index is 11.5. The minimum absolute atomic E-state index is 0.0340. The molecule has 0 radical (unpaired) electrons. The van der Waals surface area contributed by atoms with Crippen LogP contribution in [0.4, 0.5) is 5.69 Å². The summed E-state index contributed by atoms with van der Waals surface area (Å²) in [5, 5.41) is 9.31. The number of anilines is 1. The Bertz CT molecular complexity index is 405. The van der Waals surface area contributed by atoms with Gasteiger partial charge in [-0.25, -0.2) is 0 Å². The minimum Gasteiger partial charge on any atom is -0.394 e. The molecule has 1 saturated heterocycles. The zero-order valence-electron chi connectivity index (χ0n) is 10.5. The number of nitrogens with zero attached hydrogens (tertiary/aromatic N) is 2. The lowest BCUT2D eigenvalue weighted by atomic mass is 10.2. The van der Waals surface area contributed by atoms with Crippen molar-refractivity contribution in [3.05, 3.63) is 24.0 Å². The number of carbonyl (C=O) groups is 1. The quantitative estimate of drug-likeness (QED) is 0.803. The first-order valence-corrected chi connectivity index (χ1v) is 6.20. The van der Waals surface area contributed by atoms with E-state index in [9.17, 15) is 9.90 Å². The molecule has 5 nitrogen and oxygen atoms in total. The highest BCUT2D eigenvalue weighted by molar-refractivity contribution is 5.94. The van der Waals surface area contributed by atoms with E-state index in [1.807, 2.05) is 13.0 Å². The van der Waals surface area contributed by atoms with E-state index in [0.29, 0.717) is 25.3 Å².